The number of nitrogens with one attached hydrogen (secondary N) is 1. The van der Waals surface area contributed by atoms with E-state index in [9.17, 15) is 12.8 Å². The second kappa shape index (κ2) is 6.33. The summed E-state index contributed by atoms with van der Waals surface area (Å²) in [5.41, 5.74) is 3.97. The van der Waals surface area contributed by atoms with Gasteiger partial charge in [-0.2, -0.15) is 0 Å². The lowest BCUT2D eigenvalue weighted by Gasteiger charge is -2.09. The third-order valence-electron chi connectivity index (χ3n) is 4.63. The van der Waals surface area contributed by atoms with Crippen molar-refractivity contribution in [2.45, 2.75) is 51.0 Å². The Morgan fingerprint density at radius 3 is 2.54 bits per heavy atom. The number of halogens is 1. The molecule has 2 aromatic rings. The van der Waals surface area contributed by atoms with E-state index >= 15 is 0 Å². The van der Waals surface area contributed by atoms with Gasteiger partial charge in [0.1, 0.15) is 5.82 Å². The number of aryl methyl sites for hydroxylation is 2. The van der Waals surface area contributed by atoms with E-state index in [1.54, 1.807) is 6.92 Å². The van der Waals surface area contributed by atoms with Crippen LogP contribution in [0.2, 0.25) is 0 Å². The summed E-state index contributed by atoms with van der Waals surface area (Å²) < 4.78 is 42.9. The fraction of sp³-hybridized carbons (Fsp3) is 0.444. The Labute approximate surface area is 142 Å². The highest BCUT2D eigenvalue weighted by Gasteiger charge is 2.26. The van der Waals surface area contributed by atoms with Crippen molar-refractivity contribution in [2.75, 3.05) is 6.54 Å². The zero-order valence-corrected chi connectivity index (χ0v) is 15.1. The van der Waals surface area contributed by atoms with Crippen LogP contribution in [0.15, 0.2) is 29.2 Å². The van der Waals surface area contributed by atoms with Crippen molar-refractivity contribution >= 4 is 10.0 Å². The number of nitrogens with zero attached hydrogens (tertiary/aromatic N) is 1. The Morgan fingerprint density at radius 2 is 1.92 bits per heavy atom. The summed E-state index contributed by atoms with van der Waals surface area (Å²) in [4.78, 5) is 0.102. The highest BCUT2D eigenvalue weighted by atomic mass is 32.2. The van der Waals surface area contributed by atoms with E-state index in [0.717, 1.165) is 0 Å². The van der Waals surface area contributed by atoms with Crippen molar-refractivity contribution < 1.29 is 12.8 Å². The van der Waals surface area contributed by atoms with Crippen molar-refractivity contribution in [1.82, 2.24) is 9.29 Å². The molecule has 0 aliphatic heterocycles. The molecule has 0 spiro atoms. The Balaban J connectivity index is 1.67. The molecule has 0 bridgehead atoms. The molecule has 1 aliphatic rings. The zero-order valence-electron chi connectivity index (χ0n) is 14.3. The molecule has 0 unspecified atom stereocenters. The predicted molar refractivity (Wildman–Crippen MR) is 92.2 cm³/mol. The SMILES string of the molecule is Cc1cc(S(=O)(=O)NCCc2cc(C)n(C3CC3)c2C)ccc1F. The first kappa shape index (κ1) is 17.2. The fourth-order valence-corrected chi connectivity index (χ4v) is 4.30. The third-order valence-corrected chi connectivity index (χ3v) is 6.09. The first-order chi connectivity index (χ1) is 11.3. The molecule has 1 saturated carbocycles. The van der Waals surface area contributed by atoms with Gasteiger partial charge in [0.05, 0.1) is 4.90 Å². The zero-order chi connectivity index (χ0) is 17.5. The summed E-state index contributed by atoms with van der Waals surface area (Å²) in [5.74, 6) is -0.401. The molecule has 0 saturated heterocycles. The van der Waals surface area contributed by atoms with Gasteiger partial charge in [0.2, 0.25) is 10.0 Å². The van der Waals surface area contributed by atoms with Crippen molar-refractivity contribution in [2.24, 2.45) is 0 Å². The van der Waals surface area contributed by atoms with Crippen molar-refractivity contribution in [3.8, 4) is 0 Å². The van der Waals surface area contributed by atoms with Crippen LogP contribution in [0, 0.1) is 26.6 Å². The Hall–Kier alpha value is -1.66. The molecule has 0 radical (unpaired) electrons. The third kappa shape index (κ3) is 3.39. The standard InChI is InChI=1S/C18H23FN2O2S/c1-12-10-17(6-7-18(12)19)24(22,23)20-9-8-15-11-13(2)21(14(15)3)16-4-5-16/h6-7,10-11,16,20H,4-5,8-9H2,1-3H3. The molecule has 3 rings (SSSR count). The van der Waals surface area contributed by atoms with E-state index in [2.05, 4.69) is 29.2 Å². The van der Waals surface area contributed by atoms with Crippen LogP contribution < -0.4 is 4.72 Å². The average molecular weight is 350 g/mol. The van der Waals surface area contributed by atoms with Gasteiger partial charge in [-0.15, -0.1) is 0 Å². The lowest BCUT2D eigenvalue weighted by molar-refractivity contribution is 0.580. The van der Waals surface area contributed by atoms with Crippen LogP contribution in [0.1, 0.15) is 41.4 Å². The van der Waals surface area contributed by atoms with E-state index in [4.69, 9.17) is 0 Å². The van der Waals surface area contributed by atoms with Crippen LogP contribution in [0.3, 0.4) is 0 Å². The normalized spacial score (nSPS) is 15.0. The summed E-state index contributed by atoms with van der Waals surface area (Å²) >= 11 is 0. The van der Waals surface area contributed by atoms with E-state index in [1.807, 2.05) is 0 Å². The summed E-state index contributed by atoms with van der Waals surface area (Å²) in [6, 6.07) is 6.61. The molecule has 1 fully saturated rings. The average Bonchev–Trinajstić information content (AvgIpc) is 3.29. The molecule has 24 heavy (non-hydrogen) atoms. The quantitative estimate of drug-likeness (QED) is 0.868. The summed E-state index contributed by atoms with van der Waals surface area (Å²) in [5, 5.41) is 0. The van der Waals surface area contributed by atoms with Crippen molar-refractivity contribution in [3.05, 3.63) is 52.6 Å². The second-order valence-electron chi connectivity index (χ2n) is 6.56. The Bertz CT molecular complexity index is 867. The Morgan fingerprint density at radius 1 is 1.21 bits per heavy atom. The van der Waals surface area contributed by atoms with E-state index < -0.39 is 15.8 Å². The first-order valence-corrected chi connectivity index (χ1v) is 9.71. The number of benzene rings is 1. The Kier molecular flexibility index (Phi) is 4.53. The topological polar surface area (TPSA) is 51.1 Å². The van der Waals surface area contributed by atoms with E-state index in [-0.39, 0.29) is 4.90 Å². The lowest BCUT2D eigenvalue weighted by Crippen LogP contribution is -2.26. The fourth-order valence-electron chi connectivity index (χ4n) is 3.18. The van der Waals surface area contributed by atoms with Gasteiger partial charge in [0.15, 0.2) is 0 Å². The monoisotopic (exact) mass is 350 g/mol. The molecule has 1 aromatic carbocycles. The molecule has 1 aromatic heterocycles. The number of aromatic nitrogens is 1. The highest BCUT2D eigenvalue weighted by Crippen LogP contribution is 2.38. The van der Waals surface area contributed by atoms with Gasteiger partial charge in [-0.3, -0.25) is 0 Å². The largest absolute Gasteiger partial charge is 0.346 e. The summed E-state index contributed by atoms with van der Waals surface area (Å²) in [6.45, 7) is 6.08. The van der Waals surface area contributed by atoms with Crippen LogP contribution in [-0.4, -0.2) is 19.5 Å². The van der Waals surface area contributed by atoms with Gasteiger partial charge >= 0.3 is 0 Å². The number of sulfonamides is 1. The van der Waals surface area contributed by atoms with Crippen LogP contribution in [0.5, 0.6) is 0 Å². The molecule has 1 N–H and O–H groups in total. The highest BCUT2D eigenvalue weighted by molar-refractivity contribution is 7.89. The molecule has 1 aliphatic carbocycles. The van der Waals surface area contributed by atoms with Gasteiger partial charge in [0, 0.05) is 24.0 Å². The van der Waals surface area contributed by atoms with E-state index in [1.165, 1.54) is 48.0 Å². The van der Waals surface area contributed by atoms with Crippen molar-refractivity contribution in [1.29, 1.82) is 0 Å². The van der Waals surface area contributed by atoms with Gasteiger partial charge in [-0.25, -0.2) is 17.5 Å². The molecule has 1 heterocycles. The molecule has 4 nitrogen and oxygen atoms in total. The van der Waals surface area contributed by atoms with Crippen molar-refractivity contribution in [3.63, 3.8) is 0 Å². The predicted octanol–water partition coefficient (Wildman–Crippen LogP) is 3.41. The number of hydrogen-bond acceptors (Lipinski definition) is 2. The molecule has 6 heteroatoms. The molecular formula is C18H23FN2O2S. The van der Waals surface area contributed by atoms with Gasteiger partial charge < -0.3 is 4.57 Å². The van der Waals surface area contributed by atoms with Crippen LogP contribution in [0.25, 0.3) is 0 Å². The summed E-state index contributed by atoms with van der Waals surface area (Å²) in [6.07, 6.45) is 3.10. The maximum absolute atomic E-state index is 13.3. The maximum atomic E-state index is 13.3. The minimum absolute atomic E-state index is 0.102. The maximum Gasteiger partial charge on any atom is 0.240 e. The van der Waals surface area contributed by atoms with Crippen LogP contribution in [-0.2, 0) is 16.4 Å². The molecular weight excluding hydrogens is 327 g/mol. The van der Waals surface area contributed by atoms with Gasteiger partial charge in [-0.1, -0.05) is 0 Å². The molecule has 0 atom stereocenters. The number of rotatable bonds is 6. The van der Waals surface area contributed by atoms with E-state index in [0.29, 0.717) is 24.6 Å². The lowest BCUT2D eigenvalue weighted by atomic mass is 10.2. The first-order valence-electron chi connectivity index (χ1n) is 8.22. The molecule has 0 amide bonds. The van der Waals surface area contributed by atoms with Gasteiger partial charge in [0.25, 0.3) is 0 Å². The molecule has 130 valence electrons. The minimum Gasteiger partial charge on any atom is -0.346 e. The second-order valence-corrected chi connectivity index (χ2v) is 8.32. The smallest absolute Gasteiger partial charge is 0.240 e. The van der Waals surface area contributed by atoms with Crippen LogP contribution in [0.4, 0.5) is 4.39 Å². The number of hydrogen-bond donors (Lipinski definition) is 1. The van der Waals surface area contributed by atoms with Crippen LogP contribution >= 0.6 is 0 Å². The van der Waals surface area contributed by atoms with Gasteiger partial charge in [-0.05, 0) is 75.4 Å². The summed E-state index contributed by atoms with van der Waals surface area (Å²) in [7, 11) is -3.61. The minimum atomic E-state index is -3.61.